The number of carbonyl (C=O) groups excluding carboxylic acids is 2. The molecule has 1 unspecified atom stereocenters. The summed E-state index contributed by atoms with van der Waals surface area (Å²) in [7, 11) is 0. The SMILES string of the molecule is Cc1cnc(C(=O)OCC(=O)NC(C)c2ccc3c(c2)CCCC3)cn1. The number of nitrogens with one attached hydrogen (secondary N) is 1. The second kappa shape index (κ2) is 8.08. The van der Waals surface area contributed by atoms with Gasteiger partial charge < -0.3 is 10.1 Å². The van der Waals surface area contributed by atoms with E-state index in [0.717, 1.165) is 18.4 Å². The molecule has 1 atom stereocenters. The largest absolute Gasteiger partial charge is 0.451 e. The van der Waals surface area contributed by atoms with Crippen molar-refractivity contribution in [3.05, 3.63) is 58.7 Å². The van der Waals surface area contributed by atoms with Gasteiger partial charge in [-0.1, -0.05) is 18.2 Å². The molecular weight excluding hydrogens is 330 g/mol. The van der Waals surface area contributed by atoms with Crippen molar-refractivity contribution >= 4 is 11.9 Å². The number of aromatic nitrogens is 2. The first-order valence-electron chi connectivity index (χ1n) is 8.90. The van der Waals surface area contributed by atoms with E-state index in [1.54, 1.807) is 6.92 Å². The minimum atomic E-state index is -0.658. The monoisotopic (exact) mass is 353 g/mol. The summed E-state index contributed by atoms with van der Waals surface area (Å²) in [5.74, 6) is -1.00. The molecule has 1 heterocycles. The summed E-state index contributed by atoms with van der Waals surface area (Å²) < 4.78 is 5.00. The van der Waals surface area contributed by atoms with Crippen LogP contribution in [0.2, 0.25) is 0 Å². The smallest absolute Gasteiger partial charge is 0.359 e. The van der Waals surface area contributed by atoms with Gasteiger partial charge in [-0.3, -0.25) is 9.78 Å². The van der Waals surface area contributed by atoms with E-state index < -0.39 is 5.97 Å². The van der Waals surface area contributed by atoms with Crippen LogP contribution in [0.15, 0.2) is 30.6 Å². The standard InChI is InChI=1S/C20H23N3O3/c1-13-10-22-18(11-21-13)20(25)26-12-19(24)23-14(2)16-8-7-15-5-3-4-6-17(15)9-16/h7-11,14H,3-6,12H2,1-2H3,(H,23,24). The Hall–Kier alpha value is -2.76. The van der Waals surface area contributed by atoms with Crippen molar-refractivity contribution in [1.29, 1.82) is 0 Å². The van der Waals surface area contributed by atoms with Crippen molar-refractivity contribution < 1.29 is 14.3 Å². The number of amides is 1. The molecule has 6 nitrogen and oxygen atoms in total. The zero-order valence-electron chi connectivity index (χ0n) is 15.1. The lowest BCUT2D eigenvalue weighted by Crippen LogP contribution is -2.31. The molecule has 0 radical (unpaired) electrons. The molecule has 1 aliphatic carbocycles. The Balaban J connectivity index is 1.52. The van der Waals surface area contributed by atoms with Crippen LogP contribution in [0.25, 0.3) is 0 Å². The summed E-state index contributed by atoms with van der Waals surface area (Å²) >= 11 is 0. The molecule has 0 fully saturated rings. The van der Waals surface area contributed by atoms with Crippen LogP contribution < -0.4 is 5.32 Å². The van der Waals surface area contributed by atoms with E-state index in [9.17, 15) is 9.59 Å². The van der Waals surface area contributed by atoms with Gasteiger partial charge in [0.25, 0.3) is 5.91 Å². The van der Waals surface area contributed by atoms with Crippen molar-refractivity contribution in [2.45, 2.75) is 45.6 Å². The fourth-order valence-corrected chi connectivity index (χ4v) is 3.09. The molecule has 1 aromatic heterocycles. The third-order valence-corrected chi connectivity index (χ3v) is 4.57. The van der Waals surface area contributed by atoms with Gasteiger partial charge in [0, 0.05) is 6.20 Å². The van der Waals surface area contributed by atoms with E-state index in [1.165, 1.54) is 36.4 Å². The van der Waals surface area contributed by atoms with Crippen LogP contribution in [0.4, 0.5) is 0 Å². The molecule has 0 bridgehead atoms. The Morgan fingerprint density at radius 2 is 1.92 bits per heavy atom. The van der Waals surface area contributed by atoms with Gasteiger partial charge in [0.1, 0.15) is 0 Å². The second-order valence-corrected chi connectivity index (χ2v) is 6.64. The number of aryl methyl sites for hydroxylation is 3. The van der Waals surface area contributed by atoms with Crippen LogP contribution in [0.5, 0.6) is 0 Å². The van der Waals surface area contributed by atoms with Crippen molar-refractivity contribution in [3.63, 3.8) is 0 Å². The molecule has 1 amide bonds. The Kier molecular flexibility index (Phi) is 5.61. The first-order chi connectivity index (χ1) is 12.5. The van der Waals surface area contributed by atoms with E-state index in [0.29, 0.717) is 5.69 Å². The maximum Gasteiger partial charge on any atom is 0.359 e. The quantitative estimate of drug-likeness (QED) is 0.836. The molecule has 0 saturated heterocycles. The lowest BCUT2D eigenvalue weighted by Gasteiger charge is -2.20. The summed E-state index contributed by atoms with van der Waals surface area (Å²) in [4.78, 5) is 31.9. The van der Waals surface area contributed by atoms with Crippen LogP contribution in [-0.2, 0) is 22.4 Å². The number of rotatable bonds is 5. The van der Waals surface area contributed by atoms with Crippen molar-refractivity contribution in [1.82, 2.24) is 15.3 Å². The van der Waals surface area contributed by atoms with E-state index in [2.05, 4.69) is 33.5 Å². The molecule has 136 valence electrons. The third-order valence-electron chi connectivity index (χ3n) is 4.57. The van der Waals surface area contributed by atoms with Gasteiger partial charge >= 0.3 is 5.97 Å². The molecule has 2 aromatic rings. The molecule has 0 saturated carbocycles. The van der Waals surface area contributed by atoms with Gasteiger partial charge in [0.05, 0.1) is 17.9 Å². The topological polar surface area (TPSA) is 81.2 Å². The Labute approximate surface area is 153 Å². The molecule has 3 rings (SSSR count). The molecular formula is C20H23N3O3. The van der Waals surface area contributed by atoms with Crippen molar-refractivity contribution in [2.24, 2.45) is 0 Å². The Morgan fingerprint density at radius 1 is 1.15 bits per heavy atom. The number of fused-ring (bicyclic) bond motifs is 1. The zero-order chi connectivity index (χ0) is 18.5. The Morgan fingerprint density at radius 3 is 2.65 bits per heavy atom. The van der Waals surface area contributed by atoms with Gasteiger partial charge in [-0.2, -0.15) is 0 Å². The highest BCUT2D eigenvalue weighted by molar-refractivity contribution is 5.89. The predicted octanol–water partition coefficient (Wildman–Crippen LogP) is 2.70. The normalized spacial score (nSPS) is 14.2. The first kappa shape index (κ1) is 18.0. The Bertz CT molecular complexity index is 802. The van der Waals surface area contributed by atoms with Crippen molar-refractivity contribution in [3.8, 4) is 0 Å². The second-order valence-electron chi connectivity index (χ2n) is 6.64. The van der Waals surface area contributed by atoms with E-state index in [1.807, 2.05) is 6.92 Å². The molecule has 0 aliphatic heterocycles. The van der Waals surface area contributed by atoms with Crippen LogP contribution >= 0.6 is 0 Å². The number of benzene rings is 1. The van der Waals surface area contributed by atoms with Crippen LogP contribution in [-0.4, -0.2) is 28.5 Å². The van der Waals surface area contributed by atoms with Gasteiger partial charge in [-0.15, -0.1) is 0 Å². The van der Waals surface area contributed by atoms with Gasteiger partial charge in [-0.05, 0) is 56.2 Å². The molecule has 26 heavy (non-hydrogen) atoms. The summed E-state index contributed by atoms with van der Waals surface area (Å²) in [5, 5.41) is 2.87. The van der Waals surface area contributed by atoms with Gasteiger partial charge in [-0.25, -0.2) is 9.78 Å². The van der Waals surface area contributed by atoms with E-state index in [-0.39, 0.29) is 24.2 Å². The summed E-state index contributed by atoms with van der Waals surface area (Å²) in [6.07, 6.45) is 7.51. The van der Waals surface area contributed by atoms with Crippen LogP contribution in [0.1, 0.15) is 58.7 Å². The van der Waals surface area contributed by atoms with E-state index >= 15 is 0 Å². The van der Waals surface area contributed by atoms with Gasteiger partial charge in [0.15, 0.2) is 12.3 Å². The molecule has 1 aromatic carbocycles. The molecule has 1 aliphatic rings. The first-order valence-corrected chi connectivity index (χ1v) is 8.90. The maximum atomic E-state index is 12.1. The van der Waals surface area contributed by atoms with Crippen LogP contribution in [0, 0.1) is 6.92 Å². The third kappa shape index (κ3) is 4.45. The lowest BCUT2D eigenvalue weighted by atomic mass is 9.89. The fraction of sp³-hybridized carbons (Fsp3) is 0.400. The number of esters is 1. The number of hydrogen-bond acceptors (Lipinski definition) is 5. The lowest BCUT2D eigenvalue weighted by molar-refractivity contribution is -0.124. The summed E-state index contributed by atoms with van der Waals surface area (Å²) in [5.41, 5.74) is 4.64. The maximum absolute atomic E-state index is 12.1. The highest BCUT2D eigenvalue weighted by Crippen LogP contribution is 2.24. The average molecular weight is 353 g/mol. The van der Waals surface area contributed by atoms with Gasteiger partial charge in [0.2, 0.25) is 0 Å². The predicted molar refractivity (Wildman–Crippen MR) is 96.7 cm³/mol. The van der Waals surface area contributed by atoms with Crippen LogP contribution in [0.3, 0.4) is 0 Å². The van der Waals surface area contributed by atoms with Crippen molar-refractivity contribution in [2.75, 3.05) is 6.61 Å². The number of carbonyl (C=O) groups is 2. The minimum absolute atomic E-state index is 0.0890. The number of hydrogen-bond donors (Lipinski definition) is 1. The number of ether oxygens (including phenoxy) is 1. The minimum Gasteiger partial charge on any atom is -0.451 e. The number of nitrogens with zero attached hydrogens (tertiary/aromatic N) is 2. The van der Waals surface area contributed by atoms with E-state index in [4.69, 9.17) is 4.74 Å². The molecule has 1 N–H and O–H groups in total. The molecule has 0 spiro atoms. The fourth-order valence-electron chi connectivity index (χ4n) is 3.09. The zero-order valence-corrected chi connectivity index (χ0v) is 15.1. The highest BCUT2D eigenvalue weighted by atomic mass is 16.5. The summed E-state index contributed by atoms with van der Waals surface area (Å²) in [6.45, 7) is 3.36. The average Bonchev–Trinajstić information content (AvgIpc) is 2.66. The molecule has 6 heteroatoms. The summed E-state index contributed by atoms with van der Waals surface area (Å²) in [6, 6.07) is 6.24. The highest BCUT2D eigenvalue weighted by Gasteiger charge is 2.16.